The number of amides is 1. The van der Waals surface area contributed by atoms with Gasteiger partial charge in [0.15, 0.2) is 0 Å². The van der Waals surface area contributed by atoms with Crippen molar-refractivity contribution in [1.82, 2.24) is 10.3 Å². The van der Waals surface area contributed by atoms with Crippen molar-refractivity contribution >= 4 is 39.7 Å². The molecule has 0 aliphatic rings. The van der Waals surface area contributed by atoms with Gasteiger partial charge in [0.1, 0.15) is 11.3 Å². The number of aromatic hydroxyl groups is 1. The SMILES string of the molecule is CCCCC(=O)N[C@H](c1cccs1)c1cc(Cl)c2cccnc2c1O. The number of hydrogen-bond donors (Lipinski definition) is 2. The minimum Gasteiger partial charge on any atom is -0.505 e. The molecule has 0 aliphatic carbocycles. The third-order valence-electron chi connectivity index (χ3n) is 4.05. The molecule has 0 radical (unpaired) electrons. The Morgan fingerprint density at radius 3 is 2.96 bits per heavy atom. The van der Waals surface area contributed by atoms with Crippen LogP contribution in [0.1, 0.15) is 42.7 Å². The molecule has 4 nitrogen and oxygen atoms in total. The lowest BCUT2D eigenvalue weighted by molar-refractivity contribution is -0.121. The lowest BCUT2D eigenvalue weighted by Crippen LogP contribution is -2.28. The third kappa shape index (κ3) is 3.78. The van der Waals surface area contributed by atoms with E-state index in [2.05, 4.69) is 10.3 Å². The average Bonchev–Trinajstić information content (AvgIpc) is 3.15. The Bertz CT molecular complexity index is 881. The lowest BCUT2D eigenvalue weighted by Gasteiger charge is -2.20. The van der Waals surface area contributed by atoms with Crippen LogP contribution in [0.5, 0.6) is 5.75 Å². The molecule has 0 fully saturated rings. The molecule has 1 aromatic carbocycles. The molecule has 130 valence electrons. The van der Waals surface area contributed by atoms with Gasteiger partial charge in [0.25, 0.3) is 0 Å². The van der Waals surface area contributed by atoms with E-state index in [1.807, 2.05) is 30.5 Å². The first-order valence-corrected chi connectivity index (χ1v) is 9.46. The zero-order valence-corrected chi connectivity index (χ0v) is 15.4. The van der Waals surface area contributed by atoms with Crippen LogP contribution in [0.4, 0.5) is 0 Å². The Balaban J connectivity index is 2.06. The summed E-state index contributed by atoms with van der Waals surface area (Å²) >= 11 is 7.92. The maximum absolute atomic E-state index is 12.3. The van der Waals surface area contributed by atoms with Gasteiger partial charge in [-0.05, 0) is 36.1 Å². The highest BCUT2D eigenvalue weighted by atomic mass is 35.5. The standard InChI is InChI=1S/C19H19ClN2O2S/c1-2-3-8-16(23)22-17(15-7-5-10-25-15)13-11-14(20)12-6-4-9-21-18(12)19(13)24/h4-7,9-11,17,24H,2-3,8H2,1H3,(H,22,23)/t17-/m0/s1. The number of halogens is 1. The molecule has 0 spiro atoms. The van der Waals surface area contributed by atoms with Gasteiger partial charge in [-0.3, -0.25) is 9.78 Å². The summed E-state index contributed by atoms with van der Waals surface area (Å²) in [5.74, 6) is 0.00563. The van der Waals surface area contributed by atoms with Crippen LogP contribution in [0.2, 0.25) is 5.02 Å². The van der Waals surface area contributed by atoms with Crippen molar-refractivity contribution in [2.45, 2.75) is 32.2 Å². The number of aromatic nitrogens is 1. The Hall–Kier alpha value is -2.11. The molecule has 3 aromatic rings. The topological polar surface area (TPSA) is 62.2 Å². The maximum Gasteiger partial charge on any atom is 0.220 e. The number of fused-ring (bicyclic) bond motifs is 1. The molecule has 0 saturated carbocycles. The molecule has 0 unspecified atom stereocenters. The van der Waals surface area contributed by atoms with Crippen molar-refractivity contribution < 1.29 is 9.90 Å². The summed E-state index contributed by atoms with van der Waals surface area (Å²) in [7, 11) is 0. The van der Waals surface area contributed by atoms with Crippen molar-refractivity contribution in [3.63, 3.8) is 0 Å². The monoisotopic (exact) mass is 374 g/mol. The van der Waals surface area contributed by atoms with E-state index in [0.29, 0.717) is 27.9 Å². The van der Waals surface area contributed by atoms with Gasteiger partial charge in [0, 0.05) is 28.4 Å². The van der Waals surface area contributed by atoms with E-state index in [0.717, 1.165) is 17.7 Å². The van der Waals surface area contributed by atoms with Crippen molar-refractivity contribution in [1.29, 1.82) is 0 Å². The fourth-order valence-electron chi connectivity index (χ4n) is 2.75. The summed E-state index contributed by atoms with van der Waals surface area (Å²) in [5, 5.41) is 16.9. The highest BCUT2D eigenvalue weighted by Crippen LogP contribution is 2.39. The lowest BCUT2D eigenvalue weighted by atomic mass is 10.0. The molecule has 0 aliphatic heterocycles. The Kier molecular flexibility index (Phi) is 5.56. The number of nitrogens with zero attached hydrogens (tertiary/aromatic N) is 1. The van der Waals surface area contributed by atoms with E-state index in [9.17, 15) is 9.90 Å². The molecule has 2 heterocycles. The summed E-state index contributed by atoms with van der Waals surface area (Å²) in [6.07, 6.45) is 3.85. The van der Waals surface area contributed by atoms with E-state index >= 15 is 0 Å². The predicted molar refractivity (Wildman–Crippen MR) is 102 cm³/mol. The van der Waals surface area contributed by atoms with Gasteiger partial charge < -0.3 is 10.4 Å². The number of benzene rings is 1. The molecule has 0 saturated heterocycles. The first kappa shape index (κ1) is 17.7. The van der Waals surface area contributed by atoms with Crippen molar-refractivity contribution in [2.24, 2.45) is 0 Å². The van der Waals surface area contributed by atoms with Gasteiger partial charge in [0.2, 0.25) is 5.91 Å². The normalized spacial score (nSPS) is 12.2. The predicted octanol–water partition coefficient (Wildman–Crippen LogP) is 5.05. The third-order valence-corrected chi connectivity index (χ3v) is 5.30. The van der Waals surface area contributed by atoms with Crippen LogP contribution >= 0.6 is 22.9 Å². The highest BCUT2D eigenvalue weighted by molar-refractivity contribution is 7.10. The summed E-state index contributed by atoms with van der Waals surface area (Å²) in [4.78, 5) is 17.5. The molecule has 1 amide bonds. The van der Waals surface area contributed by atoms with Crippen LogP contribution in [0.3, 0.4) is 0 Å². The second kappa shape index (κ2) is 7.85. The number of thiophene rings is 1. The zero-order chi connectivity index (χ0) is 17.8. The van der Waals surface area contributed by atoms with Crippen LogP contribution < -0.4 is 5.32 Å². The molecular formula is C19H19ClN2O2S. The van der Waals surface area contributed by atoms with Crippen LogP contribution in [0.15, 0.2) is 41.9 Å². The van der Waals surface area contributed by atoms with E-state index < -0.39 is 6.04 Å². The Labute approximate surface area is 155 Å². The Morgan fingerprint density at radius 1 is 1.40 bits per heavy atom. The first-order chi connectivity index (χ1) is 12.1. The number of pyridine rings is 1. The number of hydrogen-bond acceptors (Lipinski definition) is 4. The fourth-order valence-corrected chi connectivity index (χ4v) is 3.82. The number of carbonyl (C=O) groups is 1. The molecule has 1 atom stereocenters. The van der Waals surface area contributed by atoms with E-state index in [4.69, 9.17) is 11.6 Å². The van der Waals surface area contributed by atoms with Crippen molar-refractivity contribution in [3.8, 4) is 5.75 Å². The molecule has 6 heteroatoms. The summed E-state index contributed by atoms with van der Waals surface area (Å²) in [6, 6.07) is 8.71. The maximum atomic E-state index is 12.3. The number of nitrogens with one attached hydrogen (secondary N) is 1. The minimum absolute atomic E-state index is 0.0445. The fraction of sp³-hybridized carbons (Fsp3) is 0.263. The first-order valence-electron chi connectivity index (χ1n) is 8.20. The van der Waals surface area contributed by atoms with Crippen LogP contribution in [-0.2, 0) is 4.79 Å². The average molecular weight is 375 g/mol. The quantitative estimate of drug-likeness (QED) is 0.634. The molecule has 3 rings (SSSR count). The van der Waals surface area contributed by atoms with Crippen LogP contribution in [0, 0.1) is 0 Å². The minimum atomic E-state index is -0.451. The number of rotatable bonds is 6. The summed E-state index contributed by atoms with van der Waals surface area (Å²) < 4.78 is 0. The van der Waals surface area contributed by atoms with Gasteiger partial charge in [-0.25, -0.2) is 0 Å². The number of carbonyl (C=O) groups excluding carboxylic acids is 1. The number of phenolic OH excluding ortho intramolecular Hbond substituents is 1. The number of phenols is 1. The summed E-state index contributed by atoms with van der Waals surface area (Å²) in [6.45, 7) is 2.05. The number of unbranched alkanes of at least 4 members (excludes halogenated alkanes) is 1. The van der Waals surface area contributed by atoms with Crippen LogP contribution in [-0.4, -0.2) is 16.0 Å². The van der Waals surface area contributed by atoms with E-state index in [1.165, 1.54) is 11.3 Å². The van der Waals surface area contributed by atoms with Crippen molar-refractivity contribution in [2.75, 3.05) is 0 Å². The zero-order valence-electron chi connectivity index (χ0n) is 13.8. The van der Waals surface area contributed by atoms with Gasteiger partial charge in [-0.15, -0.1) is 11.3 Å². The Morgan fingerprint density at radius 2 is 2.24 bits per heavy atom. The molecule has 2 N–H and O–H groups in total. The second-order valence-corrected chi connectivity index (χ2v) is 7.20. The molecule has 25 heavy (non-hydrogen) atoms. The molecular weight excluding hydrogens is 356 g/mol. The van der Waals surface area contributed by atoms with Gasteiger partial charge >= 0.3 is 0 Å². The van der Waals surface area contributed by atoms with Gasteiger partial charge in [0.05, 0.1) is 11.1 Å². The smallest absolute Gasteiger partial charge is 0.220 e. The molecule has 2 aromatic heterocycles. The van der Waals surface area contributed by atoms with Gasteiger partial charge in [-0.1, -0.05) is 31.0 Å². The largest absolute Gasteiger partial charge is 0.505 e. The van der Waals surface area contributed by atoms with E-state index in [-0.39, 0.29) is 11.7 Å². The second-order valence-electron chi connectivity index (χ2n) is 5.82. The summed E-state index contributed by atoms with van der Waals surface area (Å²) in [5.41, 5.74) is 0.998. The van der Waals surface area contributed by atoms with Crippen molar-refractivity contribution in [3.05, 3.63) is 57.4 Å². The highest BCUT2D eigenvalue weighted by Gasteiger charge is 2.23. The van der Waals surface area contributed by atoms with Gasteiger partial charge in [-0.2, -0.15) is 0 Å². The van der Waals surface area contributed by atoms with E-state index in [1.54, 1.807) is 18.3 Å². The molecule has 0 bridgehead atoms. The van der Waals surface area contributed by atoms with Crippen LogP contribution in [0.25, 0.3) is 10.9 Å².